The van der Waals surface area contributed by atoms with Gasteiger partial charge in [-0.1, -0.05) is 60.2 Å². The van der Waals surface area contributed by atoms with Gasteiger partial charge in [-0.05, 0) is 36.8 Å². The van der Waals surface area contributed by atoms with Crippen molar-refractivity contribution in [2.45, 2.75) is 25.4 Å². The van der Waals surface area contributed by atoms with Gasteiger partial charge in [-0.15, -0.1) is 0 Å². The fourth-order valence-electron chi connectivity index (χ4n) is 2.64. The molecule has 1 N–H and O–H groups in total. The van der Waals surface area contributed by atoms with Gasteiger partial charge in [0.15, 0.2) is 0 Å². The summed E-state index contributed by atoms with van der Waals surface area (Å²) in [6, 6.07) is 18.3. The molecule has 92 valence electrons. The Balaban J connectivity index is 2.09. The highest BCUT2D eigenvalue weighted by atomic mass is 16.3. The van der Waals surface area contributed by atoms with E-state index >= 15 is 0 Å². The Bertz CT molecular complexity index is 525. The zero-order chi connectivity index (χ0) is 12.6. The molecule has 0 amide bonds. The molecule has 1 saturated carbocycles. The molecule has 1 nitrogen and oxygen atoms in total. The van der Waals surface area contributed by atoms with Crippen LogP contribution in [0.3, 0.4) is 0 Å². The molecule has 0 saturated heterocycles. The van der Waals surface area contributed by atoms with Gasteiger partial charge in [-0.25, -0.2) is 0 Å². The number of rotatable bonds is 3. The second-order valence-electron chi connectivity index (χ2n) is 5.27. The number of benzene rings is 2. The van der Waals surface area contributed by atoms with Crippen molar-refractivity contribution in [1.29, 1.82) is 0 Å². The highest BCUT2D eigenvalue weighted by molar-refractivity contribution is 5.39. The molecule has 3 rings (SSSR count). The lowest BCUT2D eigenvalue weighted by atomic mass is 9.82. The van der Waals surface area contributed by atoms with E-state index in [-0.39, 0.29) is 0 Å². The molecule has 18 heavy (non-hydrogen) atoms. The average Bonchev–Trinajstić information content (AvgIpc) is 3.24. The quantitative estimate of drug-likeness (QED) is 0.865. The van der Waals surface area contributed by atoms with E-state index in [4.69, 9.17) is 0 Å². The Kier molecular flexibility index (Phi) is 2.71. The Hall–Kier alpha value is -1.60. The first-order chi connectivity index (χ1) is 8.71. The molecule has 0 spiro atoms. The van der Waals surface area contributed by atoms with E-state index in [1.807, 2.05) is 30.3 Å². The normalized spacial score (nSPS) is 18.3. The summed E-state index contributed by atoms with van der Waals surface area (Å²) in [5.74, 6) is 0.364. The van der Waals surface area contributed by atoms with Crippen LogP contribution in [0.5, 0.6) is 0 Å². The predicted molar refractivity (Wildman–Crippen MR) is 73.3 cm³/mol. The number of hydrogen-bond acceptors (Lipinski definition) is 1. The van der Waals surface area contributed by atoms with Crippen molar-refractivity contribution in [1.82, 2.24) is 0 Å². The minimum Gasteiger partial charge on any atom is -0.380 e. The maximum atomic E-state index is 11.2. The SMILES string of the molecule is Cc1ccc(C(O)(c2ccccc2)C2CC2)cc1. The van der Waals surface area contributed by atoms with Crippen LogP contribution in [0.1, 0.15) is 29.5 Å². The van der Waals surface area contributed by atoms with Gasteiger partial charge in [0.25, 0.3) is 0 Å². The van der Waals surface area contributed by atoms with Crippen LogP contribution in [0.25, 0.3) is 0 Å². The lowest BCUT2D eigenvalue weighted by Crippen LogP contribution is -2.29. The molecule has 1 heteroatoms. The van der Waals surface area contributed by atoms with E-state index in [2.05, 4.69) is 31.2 Å². The molecular weight excluding hydrogens is 220 g/mol. The molecule has 1 unspecified atom stereocenters. The predicted octanol–water partition coefficient (Wildman–Crippen LogP) is 3.64. The fourth-order valence-corrected chi connectivity index (χ4v) is 2.64. The summed E-state index contributed by atoms with van der Waals surface area (Å²) in [6.45, 7) is 2.07. The van der Waals surface area contributed by atoms with Crippen molar-refractivity contribution < 1.29 is 5.11 Å². The third kappa shape index (κ3) is 1.85. The van der Waals surface area contributed by atoms with Gasteiger partial charge in [-0.3, -0.25) is 0 Å². The topological polar surface area (TPSA) is 20.2 Å². The van der Waals surface area contributed by atoms with Gasteiger partial charge >= 0.3 is 0 Å². The lowest BCUT2D eigenvalue weighted by Gasteiger charge is -2.29. The molecule has 1 aliphatic carbocycles. The first-order valence-electron chi connectivity index (χ1n) is 6.56. The fraction of sp³-hybridized carbons (Fsp3) is 0.294. The second kappa shape index (κ2) is 4.25. The summed E-state index contributed by atoms with van der Waals surface area (Å²) in [4.78, 5) is 0. The summed E-state index contributed by atoms with van der Waals surface area (Å²) < 4.78 is 0. The van der Waals surface area contributed by atoms with E-state index in [1.54, 1.807) is 0 Å². The van der Waals surface area contributed by atoms with Gasteiger partial charge in [0.1, 0.15) is 5.60 Å². The Labute approximate surface area is 108 Å². The molecule has 0 aliphatic heterocycles. The van der Waals surface area contributed by atoms with Crippen LogP contribution in [0.2, 0.25) is 0 Å². The summed E-state index contributed by atoms with van der Waals surface area (Å²) in [5.41, 5.74) is 2.44. The van der Waals surface area contributed by atoms with Crippen molar-refractivity contribution in [2.75, 3.05) is 0 Å². The molecule has 1 aliphatic rings. The molecule has 0 bridgehead atoms. The smallest absolute Gasteiger partial charge is 0.117 e. The highest BCUT2D eigenvalue weighted by Crippen LogP contribution is 2.49. The Morgan fingerprint density at radius 2 is 1.44 bits per heavy atom. The Morgan fingerprint density at radius 1 is 0.889 bits per heavy atom. The van der Waals surface area contributed by atoms with Crippen molar-refractivity contribution in [3.05, 3.63) is 71.3 Å². The Morgan fingerprint density at radius 3 is 2.00 bits per heavy atom. The standard InChI is InChI=1S/C17H18O/c1-13-7-9-15(10-8-13)17(18,16-11-12-16)14-5-3-2-4-6-14/h2-10,16,18H,11-12H2,1H3. The summed E-state index contributed by atoms with van der Waals surface area (Å²) in [6.07, 6.45) is 2.22. The van der Waals surface area contributed by atoms with E-state index in [0.29, 0.717) is 5.92 Å². The average molecular weight is 238 g/mol. The molecule has 2 aromatic carbocycles. The zero-order valence-electron chi connectivity index (χ0n) is 10.6. The molecule has 0 aromatic heterocycles. The maximum absolute atomic E-state index is 11.2. The van der Waals surface area contributed by atoms with Gasteiger partial charge < -0.3 is 5.11 Å². The second-order valence-corrected chi connectivity index (χ2v) is 5.27. The molecule has 2 aromatic rings. The molecule has 1 fully saturated rings. The van der Waals surface area contributed by atoms with Crippen molar-refractivity contribution in [3.63, 3.8) is 0 Å². The number of aryl methyl sites for hydroxylation is 1. The van der Waals surface area contributed by atoms with Gasteiger partial charge in [-0.2, -0.15) is 0 Å². The monoisotopic (exact) mass is 238 g/mol. The molecule has 1 atom stereocenters. The number of aliphatic hydroxyl groups is 1. The van der Waals surface area contributed by atoms with Gasteiger partial charge in [0.2, 0.25) is 0 Å². The molecular formula is C17H18O. The zero-order valence-corrected chi connectivity index (χ0v) is 10.6. The van der Waals surface area contributed by atoms with Crippen molar-refractivity contribution >= 4 is 0 Å². The summed E-state index contributed by atoms with van der Waals surface area (Å²) in [7, 11) is 0. The third-order valence-corrected chi connectivity index (χ3v) is 3.87. The van der Waals surface area contributed by atoms with Gasteiger partial charge in [0, 0.05) is 0 Å². The van der Waals surface area contributed by atoms with Crippen LogP contribution in [0, 0.1) is 12.8 Å². The van der Waals surface area contributed by atoms with E-state index in [9.17, 15) is 5.11 Å². The van der Waals surface area contributed by atoms with Crippen LogP contribution in [-0.4, -0.2) is 5.11 Å². The summed E-state index contributed by atoms with van der Waals surface area (Å²) >= 11 is 0. The maximum Gasteiger partial charge on any atom is 0.117 e. The van der Waals surface area contributed by atoms with E-state index in [1.165, 1.54) is 5.56 Å². The van der Waals surface area contributed by atoms with E-state index in [0.717, 1.165) is 24.0 Å². The number of hydrogen-bond donors (Lipinski definition) is 1. The van der Waals surface area contributed by atoms with Crippen LogP contribution in [0.15, 0.2) is 54.6 Å². The van der Waals surface area contributed by atoms with Crippen molar-refractivity contribution in [2.24, 2.45) is 5.92 Å². The van der Waals surface area contributed by atoms with Crippen molar-refractivity contribution in [3.8, 4) is 0 Å². The van der Waals surface area contributed by atoms with Crippen LogP contribution in [-0.2, 0) is 5.60 Å². The largest absolute Gasteiger partial charge is 0.380 e. The van der Waals surface area contributed by atoms with Crippen LogP contribution in [0.4, 0.5) is 0 Å². The lowest BCUT2D eigenvalue weighted by molar-refractivity contribution is 0.0564. The molecule has 0 radical (unpaired) electrons. The summed E-state index contributed by atoms with van der Waals surface area (Å²) in [5, 5.41) is 11.2. The first kappa shape index (κ1) is 11.5. The minimum absolute atomic E-state index is 0.364. The van der Waals surface area contributed by atoms with Crippen LogP contribution >= 0.6 is 0 Å². The first-order valence-corrected chi connectivity index (χ1v) is 6.56. The third-order valence-electron chi connectivity index (χ3n) is 3.87. The highest BCUT2D eigenvalue weighted by Gasteiger charge is 2.46. The van der Waals surface area contributed by atoms with E-state index < -0.39 is 5.60 Å². The minimum atomic E-state index is -0.811. The van der Waals surface area contributed by atoms with Crippen LogP contribution < -0.4 is 0 Å². The van der Waals surface area contributed by atoms with Gasteiger partial charge in [0.05, 0.1) is 0 Å². The molecule has 0 heterocycles.